The molecule has 0 atom stereocenters. The van der Waals surface area contributed by atoms with Crippen LogP contribution in [0.1, 0.15) is 28.5 Å². The lowest BCUT2D eigenvalue weighted by Gasteiger charge is -2.23. The number of aromatic nitrogens is 2. The Morgan fingerprint density at radius 1 is 1.20 bits per heavy atom. The minimum absolute atomic E-state index is 0.320. The normalized spacial score (nSPS) is 11.4. The Morgan fingerprint density at radius 2 is 1.88 bits per heavy atom. The topological polar surface area (TPSA) is 53.3 Å². The summed E-state index contributed by atoms with van der Waals surface area (Å²) in [7, 11) is 6.30. The highest BCUT2D eigenvalue weighted by Gasteiger charge is 2.25. The second kappa shape index (κ2) is 8.16. The maximum atomic E-state index is 12.4. The first kappa shape index (κ1) is 19.0. The van der Waals surface area contributed by atoms with Crippen LogP contribution >= 0.6 is 0 Å². The molecule has 2 aromatic rings. The number of esters is 1. The monoisotopic (exact) mass is 346 g/mol. The Hall–Kier alpha value is -2.34. The van der Waals surface area contributed by atoms with E-state index in [1.807, 2.05) is 30.3 Å². The van der Waals surface area contributed by atoms with E-state index in [-0.39, 0.29) is 5.97 Å². The number of aryl methyl sites for hydroxylation is 1. The zero-order valence-electron chi connectivity index (χ0n) is 15.8. The molecule has 0 spiro atoms. The van der Waals surface area contributed by atoms with E-state index in [4.69, 9.17) is 9.47 Å². The van der Waals surface area contributed by atoms with E-state index >= 15 is 0 Å². The lowest BCUT2D eigenvalue weighted by Crippen LogP contribution is -2.38. The molecule has 0 aliphatic heterocycles. The molecule has 6 nitrogen and oxygen atoms in total. The molecule has 0 aliphatic carbocycles. The van der Waals surface area contributed by atoms with Crippen LogP contribution in [0.3, 0.4) is 0 Å². The van der Waals surface area contributed by atoms with Gasteiger partial charge in [0.2, 0.25) is 5.88 Å². The van der Waals surface area contributed by atoms with Crippen molar-refractivity contribution in [3.05, 3.63) is 47.2 Å². The summed E-state index contributed by atoms with van der Waals surface area (Å²) < 4.78 is 13.7. The maximum Gasteiger partial charge on any atom is 0.345 e. The smallest absolute Gasteiger partial charge is 0.345 e. The Kier molecular flexibility index (Phi) is 6.20. The summed E-state index contributed by atoms with van der Waals surface area (Å²) in [4.78, 5) is 12.4. The first-order chi connectivity index (χ1) is 11.8. The highest BCUT2D eigenvalue weighted by molar-refractivity contribution is 5.93. The molecule has 0 radical (unpaired) electrons. The van der Waals surface area contributed by atoms with Crippen molar-refractivity contribution in [3.63, 3.8) is 0 Å². The number of ether oxygens (including phenoxy) is 2. The van der Waals surface area contributed by atoms with E-state index < -0.39 is 0 Å². The fraction of sp³-hybridized carbons (Fsp3) is 0.474. The van der Waals surface area contributed by atoms with Crippen LogP contribution in [-0.2, 0) is 11.3 Å². The number of hydrogen-bond donors (Lipinski definition) is 0. The number of benzene rings is 1. The maximum absolute atomic E-state index is 12.4. The molecule has 6 heteroatoms. The molecule has 0 aliphatic rings. The van der Waals surface area contributed by atoms with Gasteiger partial charge in [0.05, 0.1) is 40.0 Å². The minimum atomic E-state index is -0.389. The van der Waals surface area contributed by atoms with Gasteiger partial charge in [-0.3, -0.25) is 0 Å². The van der Waals surface area contributed by atoms with Crippen molar-refractivity contribution in [2.45, 2.75) is 20.4 Å². The van der Waals surface area contributed by atoms with Crippen LogP contribution in [0.5, 0.6) is 5.88 Å². The fourth-order valence-corrected chi connectivity index (χ4v) is 2.42. The standard InChI is InChI=1S/C19H28N3O3/c1-6-24-19(23)17-15(2)20-21(14-16-10-8-7-9-11-16)18(17)25-13-12-22(3,4)5/h7-11H,6,12-14H2,1-5H3/q+1. The Morgan fingerprint density at radius 3 is 2.48 bits per heavy atom. The van der Waals surface area contributed by atoms with Crippen LogP contribution in [0.2, 0.25) is 0 Å². The molecule has 25 heavy (non-hydrogen) atoms. The molecule has 136 valence electrons. The van der Waals surface area contributed by atoms with Crippen molar-refractivity contribution in [2.24, 2.45) is 0 Å². The van der Waals surface area contributed by atoms with Gasteiger partial charge in [-0.2, -0.15) is 5.10 Å². The highest BCUT2D eigenvalue weighted by Crippen LogP contribution is 2.24. The highest BCUT2D eigenvalue weighted by atomic mass is 16.5. The number of rotatable bonds is 8. The van der Waals surface area contributed by atoms with Gasteiger partial charge in [0.25, 0.3) is 0 Å². The van der Waals surface area contributed by atoms with Crippen molar-refractivity contribution in [3.8, 4) is 5.88 Å². The third kappa shape index (κ3) is 5.32. The Bertz CT molecular complexity index is 703. The zero-order chi connectivity index (χ0) is 18.4. The first-order valence-corrected chi connectivity index (χ1v) is 8.53. The largest absolute Gasteiger partial charge is 0.471 e. The molecular formula is C19H28N3O3+. The van der Waals surface area contributed by atoms with Crippen molar-refractivity contribution in [1.82, 2.24) is 9.78 Å². The summed E-state index contributed by atoms with van der Waals surface area (Å²) in [5, 5.41) is 4.51. The van der Waals surface area contributed by atoms with E-state index in [9.17, 15) is 4.79 Å². The van der Waals surface area contributed by atoms with Gasteiger partial charge in [-0.05, 0) is 19.4 Å². The van der Waals surface area contributed by atoms with Crippen LogP contribution in [0.15, 0.2) is 30.3 Å². The fourth-order valence-electron chi connectivity index (χ4n) is 2.42. The van der Waals surface area contributed by atoms with Crippen LogP contribution in [0.4, 0.5) is 0 Å². The molecular weight excluding hydrogens is 318 g/mol. The average Bonchev–Trinajstić information content (AvgIpc) is 2.83. The number of quaternary nitrogens is 1. The van der Waals surface area contributed by atoms with Crippen LogP contribution < -0.4 is 4.74 Å². The Balaban J connectivity index is 2.30. The second-order valence-corrected chi connectivity index (χ2v) is 6.99. The predicted molar refractivity (Wildman–Crippen MR) is 96.9 cm³/mol. The number of likely N-dealkylation sites (N-methyl/N-ethyl adjacent to an activating group) is 1. The molecule has 0 saturated carbocycles. The summed E-state index contributed by atoms with van der Waals surface area (Å²) in [6.45, 7) is 5.77. The summed E-state index contributed by atoms with van der Waals surface area (Å²) in [6.07, 6.45) is 0. The molecule has 1 heterocycles. The van der Waals surface area contributed by atoms with E-state index in [0.717, 1.165) is 16.6 Å². The van der Waals surface area contributed by atoms with Gasteiger partial charge in [0.1, 0.15) is 18.7 Å². The summed E-state index contributed by atoms with van der Waals surface area (Å²) in [6, 6.07) is 9.99. The summed E-state index contributed by atoms with van der Waals surface area (Å²) in [5.74, 6) is 0.0906. The van der Waals surface area contributed by atoms with Crippen molar-refractivity contribution in [2.75, 3.05) is 40.9 Å². The van der Waals surface area contributed by atoms with Gasteiger partial charge in [-0.1, -0.05) is 30.3 Å². The molecule has 0 N–H and O–H groups in total. The van der Waals surface area contributed by atoms with E-state index in [0.29, 0.717) is 36.9 Å². The van der Waals surface area contributed by atoms with Gasteiger partial charge in [0.15, 0.2) is 0 Å². The lowest BCUT2D eigenvalue weighted by molar-refractivity contribution is -0.870. The third-order valence-corrected chi connectivity index (χ3v) is 3.74. The number of nitrogens with zero attached hydrogens (tertiary/aromatic N) is 3. The van der Waals surface area contributed by atoms with Crippen LogP contribution in [-0.4, -0.2) is 61.1 Å². The molecule has 0 fully saturated rings. The van der Waals surface area contributed by atoms with E-state index in [2.05, 4.69) is 26.2 Å². The average molecular weight is 346 g/mol. The van der Waals surface area contributed by atoms with Gasteiger partial charge in [-0.15, -0.1) is 0 Å². The molecule has 1 aromatic heterocycles. The number of carbonyl (C=O) groups excluding carboxylic acids is 1. The van der Waals surface area contributed by atoms with Crippen molar-refractivity contribution < 1.29 is 18.8 Å². The van der Waals surface area contributed by atoms with Crippen molar-refractivity contribution in [1.29, 1.82) is 0 Å². The van der Waals surface area contributed by atoms with E-state index in [1.54, 1.807) is 18.5 Å². The predicted octanol–water partition coefficient (Wildman–Crippen LogP) is 2.50. The van der Waals surface area contributed by atoms with Gasteiger partial charge >= 0.3 is 5.97 Å². The van der Waals surface area contributed by atoms with Crippen LogP contribution in [0.25, 0.3) is 0 Å². The minimum Gasteiger partial charge on any atom is -0.471 e. The third-order valence-electron chi connectivity index (χ3n) is 3.74. The molecule has 0 bridgehead atoms. The SMILES string of the molecule is CCOC(=O)c1c(C)nn(Cc2ccccc2)c1OCC[N+](C)(C)C. The van der Waals surface area contributed by atoms with Crippen molar-refractivity contribution >= 4 is 5.97 Å². The molecule has 1 aromatic carbocycles. The van der Waals surface area contributed by atoms with E-state index in [1.165, 1.54) is 0 Å². The van der Waals surface area contributed by atoms with Gasteiger partial charge in [-0.25, -0.2) is 9.48 Å². The molecule has 0 amide bonds. The Labute approximate surface area is 149 Å². The lowest BCUT2D eigenvalue weighted by atomic mass is 10.2. The number of hydrogen-bond acceptors (Lipinski definition) is 4. The van der Waals surface area contributed by atoms with Crippen LogP contribution in [0, 0.1) is 6.92 Å². The quantitative estimate of drug-likeness (QED) is 0.544. The van der Waals surface area contributed by atoms with Gasteiger partial charge < -0.3 is 14.0 Å². The second-order valence-electron chi connectivity index (χ2n) is 6.99. The molecule has 0 unspecified atom stereocenters. The molecule has 0 saturated heterocycles. The zero-order valence-corrected chi connectivity index (χ0v) is 15.8. The first-order valence-electron chi connectivity index (χ1n) is 8.53. The molecule has 2 rings (SSSR count). The summed E-state index contributed by atoms with van der Waals surface area (Å²) >= 11 is 0. The summed E-state index contributed by atoms with van der Waals surface area (Å²) in [5.41, 5.74) is 2.13. The number of carbonyl (C=O) groups is 1. The van der Waals surface area contributed by atoms with Gasteiger partial charge in [0, 0.05) is 0 Å².